The quantitative estimate of drug-likeness (QED) is 0.679. The van der Waals surface area contributed by atoms with Gasteiger partial charge < -0.3 is 15.4 Å². The molecule has 0 spiro atoms. The van der Waals surface area contributed by atoms with Crippen LogP contribution in [0.1, 0.15) is 25.7 Å². The summed E-state index contributed by atoms with van der Waals surface area (Å²) >= 11 is 0. The molecule has 1 atom stereocenters. The number of likely N-dealkylation sites (tertiary alicyclic amines) is 1. The standard InChI is InChI=1S/C11H20N2O3/c1-16-10(14)5-3-7-13-6-2-4-9(8-13)11(12)15/h9H,2-8H2,1H3,(H2,12,15). The average molecular weight is 228 g/mol. The van der Waals surface area contributed by atoms with Gasteiger partial charge in [-0.2, -0.15) is 0 Å². The van der Waals surface area contributed by atoms with E-state index >= 15 is 0 Å². The summed E-state index contributed by atoms with van der Waals surface area (Å²) in [7, 11) is 1.40. The Morgan fingerprint density at radius 2 is 2.25 bits per heavy atom. The number of carbonyl (C=O) groups excluding carboxylic acids is 2. The van der Waals surface area contributed by atoms with E-state index in [2.05, 4.69) is 9.64 Å². The molecule has 1 saturated heterocycles. The molecule has 0 bridgehead atoms. The molecule has 1 fully saturated rings. The Morgan fingerprint density at radius 1 is 1.50 bits per heavy atom. The second kappa shape index (κ2) is 6.48. The van der Waals surface area contributed by atoms with Gasteiger partial charge in [-0.3, -0.25) is 9.59 Å². The molecule has 1 aliphatic rings. The molecule has 1 unspecified atom stereocenters. The van der Waals surface area contributed by atoms with Crippen LogP contribution in [0.4, 0.5) is 0 Å². The summed E-state index contributed by atoms with van der Waals surface area (Å²) in [6, 6.07) is 0. The van der Waals surface area contributed by atoms with E-state index in [9.17, 15) is 9.59 Å². The van der Waals surface area contributed by atoms with E-state index in [0.717, 1.165) is 38.9 Å². The summed E-state index contributed by atoms with van der Waals surface area (Å²) in [6.07, 6.45) is 3.11. The SMILES string of the molecule is COC(=O)CCCN1CCCC(C(N)=O)C1. The molecule has 1 aliphatic heterocycles. The van der Waals surface area contributed by atoms with Gasteiger partial charge in [0.05, 0.1) is 13.0 Å². The number of ether oxygens (including phenoxy) is 1. The fraction of sp³-hybridized carbons (Fsp3) is 0.818. The van der Waals surface area contributed by atoms with E-state index in [-0.39, 0.29) is 17.8 Å². The van der Waals surface area contributed by atoms with Crippen LogP contribution in [-0.4, -0.2) is 43.5 Å². The van der Waals surface area contributed by atoms with Crippen molar-refractivity contribution in [2.75, 3.05) is 26.7 Å². The number of nitrogens with zero attached hydrogens (tertiary/aromatic N) is 1. The summed E-state index contributed by atoms with van der Waals surface area (Å²) in [5, 5.41) is 0. The third-order valence-electron chi connectivity index (χ3n) is 2.99. The number of esters is 1. The molecule has 5 heteroatoms. The highest BCUT2D eigenvalue weighted by Gasteiger charge is 2.23. The number of rotatable bonds is 5. The number of primary amides is 1. The largest absolute Gasteiger partial charge is 0.469 e. The third kappa shape index (κ3) is 4.18. The number of hydrogen-bond donors (Lipinski definition) is 1. The molecule has 0 aromatic heterocycles. The van der Waals surface area contributed by atoms with Gasteiger partial charge in [-0.1, -0.05) is 0 Å². The summed E-state index contributed by atoms with van der Waals surface area (Å²) in [4.78, 5) is 24.2. The van der Waals surface area contributed by atoms with Crippen LogP contribution in [-0.2, 0) is 14.3 Å². The Hall–Kier alpha value is -1.10. The number of hydrogen-bond acceptors (Lipinski definition) is 4. The van der Waals surface area contributed by atoms with Crippen LogP contribution < -0.4 is 5.73 Å². The van der Waals surface area contributed by atoms with Gasteiger partial charge >= 0.3 is 5.97 Å². The predicted octanol–water partition coefficient (Wildman–Crippen LogP) is 0.137. The van der Waals surface area contributed by atoms with Crippen molar-refractivity contribution in [3.05, 3.63) is 0 Å². The van der Waals surface area contributed by atoms with Crippen molar-refractivity contribution in [2.24, 2.45) is 11.7 Å². The van der Waals surface area contributed by atoms with Crippen LogP contribution in [0.15, 0.2) is 0 Å². The summed E-state index contributed by atoms with van der Waals surface area (Å²) < 4.78 is 4.57. The molecule has 0 radical (unpaired) electrons. The molecule has 1 rings (SSSR count). The lowest BCUT2D eigenvalue weighted by molar-refractivity contribution is -0.140. The molecule has 92 valence electrons. The van der Waals surface area contributed by atoms with Gasteiger partial charge in [-0.05, 0) is 32.4 Å². The van der Waals surface area contributed by atoms with Gasteiger partial charge in [-0.25, -0.2) is 0 Å². The molecule has 0 aromatic rings. The van der Waals surface area contributed by atoms with Crippen molar-refractivity contribution >= 4 is 11.9 Å². The maximum Gasteiger partial charge on any atom is 0.305 e. The van der Waals surface area contributed by atoms with Crippen LogP contribution in [0.5, 0.6) is 0 Å². The zero-order valence-electron chi connectivity index (χ0n) is 9.78. The smallest absolute Gasteiger partial charge is 0.305 e. The van der Waals surface area contributed by atoms with Gasteiger partial charge in [0, 0.05) is 13.0 Å². The van der Waals surface area contributed by atoms with Gasteiger partial charge in [0.2, 0.25) is 5.91 Å². The number of nitrogens with two attached hydrogens (primary N) is 1. The highest BCUT2D eigenvalue weighted by Crippen LogP contribution is 2.16. The molecular weight excluding hydrogens is 208 g/mol. The van der Waals surface area contributed by atoms with E-state index in [1.54, 1.807) is 0 Å². The molecule has 16 heavy (non-hydrogen) atoms. The highest BCUT2D eigenvalue weighted by molar-refractivity contribution is 5.76. The lowest BCUT2D eigenvalue weighted by Crippen LogP contribution is -2.41. The van der Waals surface area contributed by atoms with E-state index in [4.69, 9.17) is 5.73 Å². The van der Waals surface area contributed by atoms with Crippen molar-refractivity contribution in [3.8, 4) is 0 Å². The predicted molar refractivity (Wildman–Crippen MR) is 59.6 cm³/mol. The van der Waals surface area contributed by atoms with Crippen LogP contribution in [0.2, 0.25) is 0 Å². The maximum atomic E-state index is 11.0. The fourth-order valence-corrected chi connectivity index (χ4v) is 2.04. The fourth-order valence-electron chi connectivity index (χ4n) is 2.04. The minimum Gasteiger partial charge on any atom is -0.469 e. The highest BCUT2D eigenvalue weighted by atomic mass is 16.5. The van der Waals surface area contributed by atoms with E-state index in [1.807, 2.05) is 0 Å². The molecule has 1 heterocycles. The number of methoxy groups -OCH3 is 1. The van der Waals surface area contributed by atoms with Gasteiger partial charge in [0.1, 0.15) is 0 Å². The Kier molecular flexibility index (Phi) is 5.25. The lowest BCUT2D eigenvalue weighted by atomic mass is 9.97. The second-order valence-electron chi connectivity index (χ2n) is 4.22. The van der Waals surface area contributed by atoms with E-state index in [0.29, 0.717) is 6.42 Å². The summed E-state index contributed by atoms with van der Waals surface area (Å²) in [5.41, 5.74) is 5.29. The second-order valence-corrected chi connectivity index (χ2v) is 4.22. The molecule has 0 aliphatic carbocycles. The minimum atomic E-state index is -0.210. The molecular formula is C11H20N2O3. The Morgan fingerprint density at radius 3 is 2.88 bits per heavy atom. The Labute approximate surface area is 95.9 Å². The summed E-state index contributed by atoms with van der Waals surface area (Å²) in [6.45, 7) is 2.56. The maximum absolute atomic E-state index is 11.0. The first kappa shape index (κ1) is 13.0. The zero-order valence-corrected chi connectivity index (χ0v) is 9.78. The number of piperidine rings is 1. The first-order chi connectivity index (χ1) is 7.63. The first-order valence-electron chi connectivity index (χ1n) is 5.72. The van der Waals surface area contributed by atoms with E-state index < -0.39 is 0 Å². The van der Waals surface area contributed by atoms with Crippen LogP contribution in [0.3, 0.4) is 0 Å². The normalized spacial score (nSPS) is 21.7. The lowest BCUT2D eigenvalue weighted by Gasteiger charge is -2.30. The van der Waals surface area contributed by atoms with Gasteiger partial charge in [0.25, 0.3) is 0 Å². The number of carbonyl (C=O) groups is 2. The monoisotopic (exact) mass is 228 g/mol. The van der Waals surface area contributed by atoms with Crippen molar-refractivity contribution in [1.82, 2.24) is 4.90 Å². The molecule has 2 N–H and O–H groups in total. The zero-order chi connectivity index (χ0) is 12.0. The minimum absolute atomic E-state index is 0.0214. The molecule has 1 amide bonds. The molecule has 0 aromatic carbocycles. The average Bonchev–Trinajstić information content (AvgIpc) is 2.29. The Bertz CT molecular complexity index is 256. The van der Waals surface area contributed by atoms with Crippen LogP contribution >= 0.6 is 0 Å². The van der Waals surface area contributed by atoms with Crippen LogP contribution in [0, 0.1) is 5.92 Å². The van der Waals surface area contributed by atoms with Crippen LogP contribution in [0.25, 0.3) is 0 Å². The van der Waals surface area contributed by atoms with Crippen molar-refractivity contribution in [2.45, 2.75) is 25.7 Å². The Balaban J connectivity index is 2.21. The molecule has 0 saturated carbocycles. The number of amides is 1. The van der Waals surface area contributed by atoms with Gasteiger partial charge in [0.15, 0.2) is 0 Å². The van der Waals surface area contributed by atoms with Crippen molar-refractivity contribution < 1.29 is 14.3 Å². The summed E-state index contributed by atoms with van der Waals surface area (Å²) in [5.74, 6) is -0.409. The molecule has 5 nitrogen and oxygen atoms in total. The van der Waals surface area contributed by atoms with Crippen molar-refractivity contribution in [3.63, 3.8) is 0 Å². The van der Waals surface area contributed by atoms with Crippen molar-refractivity contribution in [1.29, 1.82) is 0 Å². The van der Waals surface area contributed by atoms with Gasteiger partial charge in [-0.15, -0.1) is 0 Å². The topological polar surface area (TPSA) is 72.6 Å². The third-order valence-corrected chi connectivity index (χ3v) is 2.99. The van der Waals surface area contributed by atoms with E-state index in [1.165, 1.54) is 7.11 Å². The first-order valence-corrected chi connectivity index (χ1v) is 5.72.